The minimum Gasteiger partial charge on any atom is -0.393 e. The first-order valence-electron chi connectivity index (χ1n) is 7.71. The molecule has 5 nitrogen and oxygen atoms in total. The Hall–Kier alpha value is -2.14. The van der Waals surface area contributed by atoms with Gasteiger partial charge < -0.3 is 14.6 Å². The molecule has 0 saturated carbocycles. The minimum atomic E-state index is -0.401. The Balaban J connectivity index is 1.77. The highest BCUT2D eigenvalue weighted by Crippen LogP contribution is 2.44. The Morgan fingerprint density at radius 2 is 2.18 bits per heavy atom. The number of aliphatic hydroxyl groups is 1. The summed E-state index contributed by atoms with van der Waals surface area (Å²) >= 11 is 0. The summed E-state index contributed by atoms with van der Waals surface area (Å²) in [6.45, 7) is 2.82. The van der Waals surface area contributed by atoms with Gasteiger partial charge in [-0.2, -0.15) is 0 Å². The van der Waals surface area contributed by atoms with Gasteiger partial charge in [0.05, 0.1) is 30.4 Å². The third-order valence-corrected chi connectivity index (χ3v) is 4.99. The number of likely N-dealkylation sites (tertiary alicyclic amines) is 1. The van der Waals surface area contributed by atoms with Gasteiger partial charge in [-0.25, -0.2) is 4.98 Å². The summed E-state index contributed by atoms with van der Waals surface area (Å²) in [7, 11) is 0. The van der Waals surface area contributed by atoms with Gasteiger partial charge in [0.15, 0.2) is 0 Å². The average molecular weight is 297 g/mol. The second-order valence-electron chi connectivity index (χ2n) is 6.20. The normalized spacial score (nSPS) is 26.6. The minimum absolute atomic E-state index is 0.00532. The van der Waals surface area contributed by atoms with Crippen LogP contribution in [-0.4, -0.2) is 44.7 Å². The molecular weight excluding hydrogens is 278 g/mol. The van der Waals surface area contributed by atoms with Crippen molar-refractivity contribution in [2.45, 2.75) is 25.5 Å². The molecule has 1 amide bonds. The number of amides is 1. The molecule has 1 saturated heterocycles. The molecule has 1 aromatic carbocycles. The van der Waals surface area contributed by atoms with Gasteiger partial charge in [-0.05, 0) is 12.0 Å². The number of fused-ring (bicyclic) bond motifs is 3. The zero-order valence-corrected chi connectivity index (χ0v) is 12.5. The van der Waals surface area contributed by atoms with E-state index in [-0.39, 0.29) is 17.9 Å². The van der Waals surface area contributed by atoms with E-state index in [2.05, 4.69) is 21.7 Å². The molecule has 2 aliphatic heterocycles. The number of rotatable bonds is 1. The molecule has 0 aliphatic carbocycles. The molecule has 3 heterocycles. The smallest absolute Gasteiger partial charge is 0.219 e. The van der Waals surface area contributed by atoms with Crippen molar-refractivity contribution in [3.05, 3.63) is 42.4 Å². The Bertz CT molecular complexity index is 724. The van der Waals surface area contributed by atoms with Crippen LogP contribution in [0.2, 0.25) is 0 Å². The van der Waals surface area contributed by atoms with E-state index in [1.54, 1.807) is 6.92 Å². The lowest BCUT2D eigenvalue weighted by Crippen LogP contribution is -2.48. The molecule has 1 fully saturated rings. The molecule has 22 heavy (non-hydrogen) atoms. The summed E-state index contributed by atoms with van der Waals surface area (Å²) in [6, 6.07) is 8.32. The van der Waals surface area contributed by atoms with Crippen LogP contribution in [0.1, 0.15) is 24.9 Å². The van der Waals surface area contributed by atoms with Crippen LogP contribution in [-0.2, 0) is 4.79 Å². The predicted molar refractivity (Wildman–Crippen MR) is 82.2 cm³/mol. The van der Waals surface area contributed by atoms with Crippen LogP contribution in [0.4, 0.5) is 0 Å². The lowest BCUT2D eigenvalue weighted by Gasteiger charge is -2.39. The fourth-order valence-electron chi connectivity index (χ4n) is 3.88. The van der Waals surface area contributed by atoms with Crippen LogP contribution in [0.5, 0.6) is 0 Å². The predicted octanol–water partition coefficient (Wildman–Crippen LogP) is 1.68. The molecule has 0 spiro atoms. The van der Waals surface area contributed by atoms with E-state index in [4.69, 9.17) is 0 Å². The fraction of sp³-hybridized carbons (Fsp3) is 0.412. The number of piperidine rings is 1. The van der Waals surface area contributed by atoms with Crippen LogP contribution in [0.3, 0.4) is 0 Å². The second kappa shape index (κ2) is 4.95. The lowest BCUT2D eigenvalue weighted by molar-refractivity contribution is -0.133. The van der Waals surface area contributed by atoms with E-state index in [0.717, 1.165) is 5.69 Å². The third kappa shape index (κ3) is 1.89. The number of hydrogen-bond donors (Lipinski definition) is 1. The first-order chi connectivity index (χ1) is 10.7. The number of aromatic nitrogens is 2. The molecular formula is C17H19N3O2. The van der Waals surface area contributed by atoms with Crippen LogP contribution >= 0.6 is 0 Å². The maximum atomic E-state index is 11.7. The van der Waals surface area contributed by atoms with Gasteiger partial charge in [0.25, 0.3) is 0 Å². The van der Waals surface area contributed by atoms with Gasteiger partial charge >= 0.3 is 0 Å². The number of aliphatic hydroxyl groups excluding tert-OH is 1. The van der Waals surface area contributed by atoms with Crippen molar-refractivity contribution in [2.75, 3.05) is 13.1 Å². The summed E-state index contributed by atoms with van der Waals surface area (Å²) in [5.41, 5.74) is 3.49. The Kier molecular flexibility index (Phi) is 3.04. The Labute approximate surface area is 129 Å². The molecule has 2 aromatic rings. The van der Waals surface area contributed by atoms with E-state index in [1.165, 1.54) is 11.1 Å². The molecule has 4 rings (SSSR count). The highest BCUT2D eigenvalue weighted by atomic mass is 16.3. The van der Waals surface area contributed by atoms with E-state index in [1.807, 2.05) is 29.6 Å². The molecule has 2 aliphatic rings. The monoisotopic (exact) mass is 297 g/mol. The quantitative estimate of drug-likeness (QED) is 0.871. The van der Waals surface area contributed by atoms with Gasteiger partial charge in [0.2, 0.25) is 5.91 Å². The highest BCUT2D eigenvalue weighted by molar-refractivity contribution is 5.73. The zero-order chi connectivity index (χ0) is 15.3. The molecule has 114 valence electrons. The van der Waals surface area contributed by atoms with Crippen molar-refractivity contribution in [3.8, 4) is 11.3 Å². The molecule has 0 bridgehead atoms. The van der Waals surface area contributed by atoms with Gasteiger partial charge in [-0.15, -0.1) is 0 Å². The molecule has 1 N–H and O–H groups in total. The van der Waals surface area contributed by atoms with Crippen molar-refractivity contribution in [3.63, 3.8) is 0 Å². The number of nitrogens with zero attached hydrogens (tertiary/aromatic N) is 3. The average Bonchev–Trinajstić information content (AvgIpc) is 3.08. The number of imidazole rings is 1. The van der Waals surface area contributed by atoms with E-state index < -0.39 is 6.10 Å². The second-order valence-corrected chi connectivity index (χ2v) is 6.20. The summed E-state index contributed by atoms with van der Waals surface area (Å²) in [4.78, 5) is 17.8. The Morgan fingerprint density at radius 3 is 3.00 bits per heavy atom. The van der Waals surface area contributed by atoms with E-state index in [0.29, 0.717) is 19.5 Å². The van der Waals surface area contributed by atoms with Crippen LogP contribution in [0, 0.1) is 5.92 Å². The number of benzene rings is 1. The largest absolute Gasteiger partial charge is 0.393 e. The van der Waals surface area contributed by atoms with Crippen LogP contribution in [0.25, 0.3) is 11.3 Å². The van der Waals surface area contributed by atoms with Crippen molar-refractivity contribution in [2.24, 2.45) is 5.92 Å². The maximum absolute atomic E-state index is 11.7. The standard InChI is InChI=1S/C17H19N3O2/c1-11(21)19-7-6-16(22)14(9-19)17-13-5-3-2-4-12(13)15-8-18-10-20(15)17/h2-5,8,10,14,16-17,22H,6-7,9H2,1H3/t14-,16-,17+/m1/s1. The van der Waals surface area contributed by atoms with Gasteiger partial charge in [-0.3, -0.25) is 4.79 Å². The van der Waals surface area contributed by atoms with Crippen molar-refractivity contribution < 1.29 is 9.90 Å². The number of carbonyl (C=O) groups excluding carboxylic acids is 1. The van der Waals surface area contributed by atoms with Crippen molar-refractivity contribution >= 4 is 5.91 Å². The van der Waals surface area contributed by atoms with E-state index in [9.17, 15) is 9.90 Å². The van der Waals surface area contributed by atoms with Crippen LogP contribution < -0.4 is 0 Å². The SMILES string of the molecule is CC(=O)N1CC[C@@H](O)[C@H]([C@@H]2c3ccccc3-c3cncn32)C1. The third-order valence-electron chi connectivity index (χ3n) is 4.99. The number of hydrogen-bond acceptors (Lipinski definition) is 3. The summed E-state index contributed by atoms with van der Waals surface area (Å²) < 4.78 is 2.14. The summed E-state index contributed by atoms with van der Waals surface area (Å²) in [6.07, 6.45) is 3.94. The van der Waals surface area contributed by atoms with Gasteiger partial charge in [0, 0.05) is 31.5 Å². The van der Waals surface area contributed by atoms with Gasteiger partial charge in [-0.1, -0.05) is 24.3 Å². The first-order valence-corrected chi connectivity index (χ1v) is 7.71. The molecule has 3 atom stereocenters. The Morgan fingerprint density at radius 1 is 1.36 bits per heavy atom. The molecule has 1 aromatic heterocycles. The summed E-state index contributed by atoms with van der Waals surface area (Å²) in [5.74, 6) is 0.0725. The fourth-order valence-corrected chi connectivity index (χ4v) is 3.88. The zero-order valence-electron chi connectivity index (χ0n) is 12.5. The highest BCUT2D eigenvalue weighted by Gasteiger charge is 2.40. The summed E-state index contributed by atoms with van der Waals surface area (Å²) in [5, 5.41) is 10.5. The van der Waals surface area contributed by atoms with Crippen molar-refractivity contribution in [1.82, 2.24) is 14.5 Å². The molecule has 0 unspecified atom stereocenters. The number of carbonyl (C=O) groups is 1. The van der Waals surface area contributed by atoms with Crippen molar-refractivity contribution in [1.29, 1.82) is 0 Å². The lowest BCUT2D eigenvalue weighted by atomic mass is 9.84. The van der Waals surface area contributed by atoms with Gasteiger partial charge in [0.1, 0.15) is 0 Å². The maximum Gasteiger partial charge on any atom is 0.219 e. The van der Waals surface area contributed by atoms with E-state index >= 15 is 0 Å². The first kappa shape index (κ1) is 13.5. The van der Waals surface area contributed by atoms with Crippen LogP contribution in [0.15, 0.2) is 36.8 Å². The molecule has 5 heteroatoms. The molecule has 0 radical (unpaired) electrons. The topological polar surface area (TPSA) is 58.4 Å².